The number of methoxy groups -OCH3 is 1. The third kappa shape index (κ3) is 3.01. The first-order valence-corrected chi connectivity index (χ1v) is 8.30. The van der Waals surface area contributed by atoms with Crippen molar-refractivity contribution in [1.29, 1.82) is 0 Å². The molecule has 1 aliphatic heterocycles. The predicted molar refractivity (Wildman–Crippen MR) is 92.0 cm³/mol. The van der Waals surface area contributed by atoms with Crippen LogP contribution in [0.3, 0.4) is 0 Å². The van der Waals surface area contributed by atoms with Gasteiger partial charge in [0.25, 0.3) is 5.91 Å². The SMILES string of the molecule is CCn1c(C(=O)N2CCN(C(=O)COC)CC2)cc2ccccc21. The highest BCUT2D eigenvalue weighted by Gasteiger charge is 2.26. The van der Waals surface area contributed by atoms with Crippen molar-refractivity contribution in [3.63, 3.8) is 0 Å². The second-order valence-electron chi connectivity index (χ2n) is 5.94. The summed E-state index contributed by atoms with van der Waals surface area (Å²) < 4.78 is 6.95. The molecule has 24 heavy (non-hydrogen) atoms. The molecule has 128 valence electrons. The summed E-state index contributed by atoms with van der Waals surface area (Å²) in [7, 11) is 1.52. The Balaban J connectivity index is 1.75. The van der Waals surface area contributed by atoms with Gasteiger partial charge < -0.3 is 19.1 Å². The van der Waals surface area contributed by atoms with Crippen LogP contribution in [0.4, 0.5) is 0 Å². The largest absolute Gasteiger partial charge is 0.375 e. The lowest BCUT2D eigenvalue weighted by Gasteiger charge is -2.34. The zero-order valence-corrected chi connectivity index (χ0v) is 14.2. The molecule has 2 amide bonds. The van der Waals surface area contributed by atoms with Crippen molar-refractivity contribution in [2.24, 2.45) is 0 Å². The van der Waals surface area contributed by atoms with Gasteiger partial charge in [-0.25, -0.2) is 0 Å². The standard InChI is InChI=1S/C18H23N3O3/c1-3-21-15-7-5-4-6-14(15)12-16(21)18(23)20-10-8-19(9-11-20)17(22)13-24-2/h4-7,12H,3,8-11,13H2,1-2H3. The molecule has 2 heterocycles. The number of aromatic nitrogens is 1. The quantitative estimate of drug-likeness (QED) is 0.856. The highest BCUT2D eigenvalue weighted by molar-refractivity contribution is 5.99. The molecule has 0 radical (unpaired) electrons. The van der Waals surface area contributed by atoms with Gasteiger partial charge in [-0.1, -0.05) is 18.2 Å². The minimum Gasteiger partial charge on any atom is -0.375 e. The molecule has 1 aliphatic rings. The lowest BCUT2D eigenvalue weighted by atomic mass is 10.2. The fourth-order valence-corrected chi connectivity index (χ4v) is 3.26. The Labute approximate surface area is 141 Å². The monoisotopic (exact) mass is 329 g/mol. The van der Waals surface area contributed by atoms with Crippen LogP contribution in [-0.4, -0.2) is 66.1 Å². The van der Waals surface area contributed by atoms with E-state index in [1.807, 2.05) is 42.2 Å². The summed E-state index contributed by atoms with van der Waals surface area (Å²) in [6.45, 7) is 5.11. The van der Waals surface area contributed by atoms with E-state index < -0.39 is 0 Å². The number of piperazine rings is 1. The van der Waals surface area contributed by atoms with Gasteiger partial charge >= 0.3 is 0 Å². The van der Waals surface area contributed by atoms with Crippen molar-refractivity contribution in [2.45, 2.75) is 13.5 Å². The third-order valence-corrected chi connectivity index (χ3v) is 4.53. The topological polar surface area (TPSA) is 54.8 Å². The number of carbonyl (C=O) groups excluding carboxylic acids is 2. The van der Waals surface area contributed by atoms with E-state index >= 15 is 0 Å². The van der Waals surface area contributed by atoms with E-state index in [1.54, 1.807) is 4.90 Å². The van der Waals surface area contributed by atoms with Gasteiger partial charge in [0.2, 0.25) is 5.91 Å². The van der Waals surface area contributed by atoms with Crippen LogP contribution < -0.4 is 0 Å². The number of ether oxygens (including phenoxy) is 1. The van der Waals surface area contributed by atoms with Crippen molar-refractivity contribution >= 4 is 22.7 Å². The summed E-state index contributed by atoms with van der Waals surface area (Å²) in [6, 6.07) is 10.00. The Morgan fingerprint density at radius 2 is 1.75 bits per heavy atom. The lowest BCUT2D eigenvalue weighted by Crippen LogP contribution is -2.51. The minimum absolute atomic E-state index is 0.0210. The zero-order valence-electron chi connectivity index (χ0n) is 14.2. The summed E-state index contributed by atoms with van der Waals surface area (Å²) in [6.07, 6.45) is 0. The molecule has 0 unspecified atom stereocenters. The summed E-state index contributed by atoms with van der Waals surface area (Å²) in [5.41, 5.74) is 1.80. The average molecular weight is 329 g/mol. The Bertz CT molecular complexity index is 745. The Kier molecular flexibility index (Phi) is 4.85. The maximum Gasteiger partial charge on any atom is 0.270 e. The van der Waals surface area contributed by atoms with Crippen molar-refractivity contribution < 1.29 is 14.3 Å². The molecule has 0 saturated carbocycles. The number of aryl methyl sites for hydroxylation is 1. The van der Waals surface area contributed by atoms with Crippen LogP contribution in [-0.2, 0) is 16.1 Å². The van der Waals surface area contributed by atoms with E-state index in [2.05, 4.69) is 4.57 Å². The Morgan fingerprint density at radius 1 is 1.08 bits per heavy atom. The van der Waals surface area contributed by atoms with Crippen molar-refractivity contribution in [2.75, 3.05) is 39.9 Å². The molecule has 0 aliphatic carbocycles. The molecule has 6 nitrogen and oxygen atoms in total. The van der Waals surface area contributed by atoms with Crippen LogP contribution in [0.15, 0.2) is 30.3 Å². The highest BCUT2D eigenvalue weighted by Crippen LogP contribution is 2.21. The number of fused-ring (bicyclic) bond motifs is 1. The van der Waals surface area contributed by atoms with Gasteiger partial charge in [0, 0.05) is 50.7 Å². The third-order valence-electron chi connectivity index (χ3n) is 4.53. The van der Waals surface area contributed by atoms with Crippen LogP contribution in [0.25, 0.3) is 10.9 Å². The number of nitrogens with zero attached hydrogens (tertiary/aromatic N) is 3. The highest BCUT2D eigenvalue weighted by atomic mass is 16.5. The molecule has 1 fully saturated rings. The summed E-state index contributed by atoms with van der Waals surface area (Å²) in [5, 5.41) is 1.08. The van der Waals surface area contributed by atoms with Crippen LogP contribution >= 0.6 is 0 Å². The molecule has 6 heteroatoms. The Morgan fingerprint density at radius 3 is 2.42 bits per heavy atom. The van der Waals surface area contributed by atoms with E-state index in [1.165, 1.54) is 7.11 Å². The van der Waals surface area contributed by atoms with Crippen LogP contribution in [0, 0.1) is 0 Å². The number of para-hydroxylation sites is 1. The number of rotatable bonds is 4. The molecular weight excluding hydrogens is 306 g/mol. The van der Waals surface area contributed by atoms with Gasteiger partial charge in [0.05, 0.1) is 0 Å². The van der Waals surface area contributed by atoms with Crippen LogP contribution in [0.1, 0.15) is 17.4 Å². The first-order chi connectivity index (χ1) is 11.7. The van der Waals surface area contributed by atoms with Gasteiger partial charge in [-0.05, 0) is 19.1 Å². The molecular formula is C18H23N3O3. The molecule has 3 rings (SSSR count). The first kappa shape index (κ1) is 16.5. The zero-order chi connectivity index (χ0) is 17.1. The molecule has 0 atom stereocenters. The van der Waals surface area contributed by atoms with E-state index in [0.29, 0.717) is 26.2 Å². The van der Waals surface area contributed by atoms with E-state index in [4.69, 9.17) is 4.74 Å². The van der Waals surface area contributed by atoms with Gasteiger partial charge in [-0.15, -0.1) is 0 Å². The smallest absolute Gasteiger partial charge is 0.270 e. The summed E-state index contributed by atoms with van der Waals surface area (Å²) >= 11 is 0. The maximum atomic E-state index is 12.9. The van der Waals surface area contributed by atoms with Gasteiger partial charge in [-0.3, -0.25) is 9.59 Å². The van der Waals surface area contributed by atoms with E-state index in [0.717, 1.165) is 23.1 Å². The molecule has 1 saturated heterocycles. The molecule has 0 N–H and O–H groups in total. The number of carbonyl (C=O) groups is 2. The average Bonchev–Trinajstić information content (AvgIpc) is 3.00. The number of hydrogen-bond acceptors (Lipinski definition) is 3. The fourth-order valence-electron chi connectivity index (χ4n) is 3.26. The maximum absolute atomic E-state index is 12.9. The van der Waals surface area contributed by atoms with Crippen molar-refractivity contribution in [3.8, 4) is 0 Å². The minimum atomic E-state index is -0.0210. The van der Waals surface area contributed by atoms with E-state index in [9.17, 15) is 9.59 Å². The summed E-state index contributed by atoms with van der Waals surface area (Å²) in [5.74, 6) is 0.0131. The Hall–Kier alpha value is -2.34. The lowest BCUT2D eigenvalue weighted by molar-refractivity contribution is -0.136. The number of benzene rings is 1. The first-order valence-electron chi connectivity index (χ1n) is 8.30. The van der Waals surface area contributed by atoms with Gasteiger partial charge in [0.15, 0.2) is 0 Å². The summed E-state index contributed by atoms with van der Waals surface area (Å²) in [4.78, 5) is 28.4. The molecule has 2 aromatic rings. The van der Waals surface area contributed by atoms with Crippen molar-refractivity contribution in [1.82, 2.24) is 14.4 Å². The van der Waals surface area contributed by atoms with Gasteiger partial charge in [-0.2, -0.15) is 0 Å². The molecule has 0 bridgehead atoms. The second kappa shape index (κ2) is 7.05. The normalized spacial score (nSPS) is 15.1. The van der Waals surface area contributed by atoms with Crippen LogP contribution in [0.5, 0.6) is 0 Å². The fraction of sp³-hybridized carbons (Fsp3) is 0.444. The number of amides is 2. The predicted octanol–water partition coefficient (Wildman–Crippen LogP) is 1.59. The molecule has 1 aromatic heterocycles. The molecule has 1 aromatic carbocycles. The van der Waals surface area contributed by atoms with Crippen molar-refractivity contribution in [3.05, 3.63) is 36.0 Å². The number of hydrogen-bond donors (Lipinski definition) is 0. The van der Waals surface area contributed by atoms with E-state index in [-0.39, 0.29) is 18.4 Å². The van der Waals surface area contributed by atoms with Crippen LogP contribution in [0.2, 0.25) is 0 Å². The second-order valence-corrected chi connectivity index (χ2v) is 5.94. The molecule has 0 spiro atoms. The van der Waals surface area contributed by atoms with Gasteiger partial charge in [0.1, 0.15) is 12.3 Å².